The first kappa shape index (κ1) is 11.8. The monoisotopic (exact) mass is 224 g/mol. The molecule has 0 saturated carbocycles. The minimum atomic E-state index is 0.363. The number of phenolic OH excluding ortho intramolecular Hbond substituents is 1. The van der Waals surface area contributed by atoms with Crippen LogP contribution in [0.5, 0.6) is 5.75 Å². The number of rotatable bonds is 2. The lowest BCUT2D eigenvalue weighted by molar-refractivity contribution is 0.471. The van der Waals surface area contributed by atoms with Gasteiger partial charge in [0.2, 0.25) is 0 Å². The molecule has 0 amide bonds. The minimum Gasteiger partial charge on any atom is -0.508 e. The first-order valence-electron chi connectivity index (χ1n) is 5.98. The molecule has 17 heavy (non-hydrogen) atoms. The van der Waals surface area contributed by atoms with E-state index in [1.54, 1.807) is 6.07 Å². The van der Waals surface area contributed by atoms with Crippen molar-refractivity contribution in [2.75, 3.05) is 0 Å². The fourth-order valence-electron chi connectivity index (χ4n) is 2.04. The van der Waals surface area contributed by atoms with Crippen LogP contribution in [-0.4, -0.2) is 11.8 Å². The van der Waals surface area contributed by atoms with E-state index in [0.717, 1.165) is 11.9 Å². The van der Waals surface area contributed by atoms with Crippen LogP contribution in [0, 0.1) is 6.92 Å². The van der Waals surface area contributed by atoms with Gasteiger partial charge in [-0.2, -0.15) is 0 Å². The van der Waals surface area contributed by atoms with Gasteiger partial charge in [-0.1, -0.05) is 29.9 Å². The van der Waals surface area contributed by atoms with Crippen molar-refractivity contribution in [2.45, 2.75) is 20.2 Å². The molecule has 2 heteroatoms. The van der Waals surface area contributed by atoms with Crippen molar-refractivity contribution >= 4 is 12.3 Å². The lowest BCUT2D eigenvalue weighted by Gasteiger charge is -2.08. The summed E-state index contributed by atoms with van der Waals surface area (Å²) in [4.78, 5) is 0. The van der Waals surface area contributed by atoms with Gasteiger partial charge in [-0.15, -0.1) is 12.0 Å². The van der Waals surface area contributed by atoms with Crippen molar-refractivity contribution < 1.29 is 5.11 Å². The van der Waals surface area contributed by atoms with E-state index in [-0.39, 0.29) is 0 Å². The van der Waals surface area contributed by atoms with Crippen LogP contribution in [0.25, 0.3) is 5.57 Å². The molecule has 86 valence electrons. The number of hydrogen-bond acceptors (Lipinski definition) is 1. The van der Waals surface area contributed by atoms with Crippen LogP contribution in [0.15, 0.2) is 48.4 Å². The normalized spacial score (nSPS) is 15.4. The van der Waals surface area contributed by atoms with E-state index in [0.29, 0.717) is 12.5 Å². The Bertz CT molecular complexity index is 498. The summed E-state index contributed by atoms with van der Waals surface area (Å²) in [6.07, 6.45) is 7.45. The summed E-state index contributed by atoms with van der Waals surface area (Å²) in [7, 11) is 0. The zero-order valence-corrected chi connectivity index (χ0v) is 10.4. The molecule has 2 rings (SSSR count). The quantitative estimate of drug-likeness (QED) is 0.757. The van der Waals surface area contributed by atoms with Crippen LogP contribution >= 0.6 is 0 Å². The first-order chi connectivity index (χ1) is 8.16. The van der Waals surface area contributed by atoms with Gasteiger partial charge in [0, 0.05) is 0 Å². The minimum absolute atomic E-state index is 0.363. The fourth-order valence-corrected chi connectivity index (χ4v) is 2.04. The van der Waals surface area contributed by atoms with Gasteiger partial charge in [-0.25, -0.2) is 0 Å². The Morgan fingerprint density at radius 2 is 2.18 bits per heavy atom. The SMILES string of the molecule is C/C(=C\B1C=CC=CC1)c1ccc(O)c(C)c1. The standard InChI is InChI=1S/C15H17BO/c1-12-10-14(6-7-15(12)17)13(2)11-16-8-4-3-5-9-16/h3-8,10-11,17H,9H2,1-2H3/b13-11+. The zero-order chi connectivity index (χ0) is 12.3. The third-order valence-corrected chi connectivity index (χ3v) is 3.13. The molecule has 0 saturated heterocycles. The second-order valence-electron chi connectivity index (χ2n) is 4.56. The number of aromatic hydroxyl groups is 1. The maximum Gasteiger partial charge on any atom is 0.196 e. The van der Waals surface area contributed by atoms with Crippen molar-refractivity contribution in [1.29, 1.82) is 0 Å². The van der Waals surface area contributed by atoms with Crippen molar-refractivity contribution in [2.24, 2.45) is 0 Å². The molecular weight excluding hydrogens is 207 g/mol. The molecule has 1 heterocycles. The second-order valence-corrected chi connectivity index (χ2v) is 4.56. The Kier molecular flexibility index (Phi) is 3.53. The van der Waals surface area contributed by atoms with Gasteiger partial charge in [0.15, 0.2) is 6.71 Å². The second kappa shape index (κ2) is 5.09. The highest BCUT2D eigenvalue weighted by molar-refractivity contribution is 6.71. The summed E-state index contributed by atoms with van der Waals surface area (Å²) in [6, 6.07) is 5.76. The average Bonchev–Trinajstić information content (AvgIpc) is 2.34. The molecule has 1 nitrogen and oxygen atoms in total. The van der Waals surface area contributed by atoms with Gasteiger partial charge in [-0.05, 0) is 43.4 Å². The molecule has 0 aromatic heterocycles. The Morgan fingerprint density at radius 1 is 1.35 bits per heavy atom. The van der Waals surface area contributed by atoms with Crippen LogP contribution in [-0.2, 0) is 0 Å². The van der Waals surface area contributed by atoms with Gasteiger partial charge in [-0.3, -0.25) is 0 Å². The largest absolute Gasteiger partial charge is 0.508 e. The summed E-state index contributed by atoms with van der Waals surface area (Å²) in [5.74, 6) is 4.87. The summed E-state index contributed by atoms with van der Waals surface area (Å²) < 4.78 is 0. The average molecular weight is 224 g/mol. The number of aryl methyl sites for hydroxylation is 1. The summed E-state index contributed by atoms with van der Waals surface area (Å²) in [5.41, 5.74) is 3.37. The molecule has 0 bridgehead atoms. The number of phenols is 1. The van der Waals surface area contributed by atoms with Crippen LogP contribution in [0.2, 0.25) is 6.32 Å². The van der Waals surface area contributed by atoms with Gasteiger partial charge < -0.3 is 5.11 Å². The van der Waals surface area contributed by atoms with Gasteiger partial charge in [0.05, 0.1) is 0 Å². The third kappa shape index (κ3) is 2.91. The molecule has 0 spiro atoms. The Morgan fingerprint density at radius 3 is 2.82 bits per heavy atom. The van der Waals surface area contributed by atoms with Gasteiger partial charge in [0.25, 0.3) is 0 Å². The zero-order valence-electron chi connectivity index (χ0n) is 10.4. The van der Waals surface area contributed by atoms with E-state index in [1.165, 1.54) is 11.1 Å². The predicted octanol–water partition coefficient (Wildman–Crippen LogP) is 3.80. The van der Waals surface area contributed by atoms with E-state index in [9.17, 15) is 5.11 Å². The van der Waals surface area contributed by atoms with Crippen molar-refractivity contribution in [3.05, 3.63) is 59.5 Å². The molecule has 0 fully saturated rings. The van der Waals surface area contributed by atoms with E-state index in [2.05, 4.69) is 37.1 Å². The topological polar surface area (TPSA) is 20.2 Å². The number of benzene rings is 1. The van der Waals surface area contributed by atoms with E-state index in [4.69, 9.17) is 0 Å². The van der Waals surface area contributed by atoms with Gasteiger partial charge in [0.1, 0.15) is 5.75 Å². The van der Waals surface area contributed by atoms with Crippen LogP contribution in [0.1, 0.15) is 18.1 Å². The highest BCUT2D eigenvalue weighted by Gasteiger charge is 2.08. The lowest BCUT2D eigenvalue weighted by atomic mass is 9.45. The fraction of sp³-hybridized carbons (Fsp3) is 0.200. The van der Waals surface area contributed by atoms with E-state index in [1.807, 2.05) is 19.1 Å². The molecule has 0 radical (unpaired) electrons. The molecule has 1 aliphatic rings. The van der Waals surface area contributed by atoms with Gasteiger partial charge >= 0.3 is 0 Å². The van der Waals surface area contributed by atoms with Crippen LogP contribution in [0.3, 0.4) is 0 Å². The molecular formula is C15H17BO. The smallest absolute Gasteiger partial charge is 0.196 e. The van der Waals surface area contributed by atoms with Crippen molar-refractivity contribution in [1.82, 2.24) is 0 Å². The molecule has 0 atom stereocenters. The van der Waals surface area contributed by atoms with Crippen molar-refractivity contribution in [3.63, 3.8) is 0 Å². The summed E-state index contributed by atoms with van der Waals surface area (Å²) in [6.45, 7) is 4.54. The summed E-state index contributed by atoms with van der Waals surface area (Å²) in [5, 5.41) is 9.51. The first-order valence-corrected chi connectivity index (χ1v) is 5.98. The maximum atomic E-state index is 9.51. The molecule has 0 unspecified atom stereocenters. The maximum absolute atomic E-state index is 9.51. The van der Waals surface area contributed by atoms with E-state index < -0.39 is 0 Å². The molecule has 1 N–H and O–H groups in total. The third-order valence-electron chi connectivity index (χ3n) is 3.13. The Balaban J connectivity index is 2.21. The number of allylic oxidation sites excluding steroid dienone is 4. The number of hydrogen-bond donors (Lipinski definition) is 1. The molecule has 1 aromatic rings. The van der Waals surface area contributed by atoms with E-state index >= 15 is 0 Å². The highest BCUT2D eigenvalue weighted by atomic mass is 16.3. The summed E-state index contributed by atoms with van der Waals surface area (Å²) >= 11 is 0. The Labute approximate surface area is 103 Å². The molecule has 1 aromatic carbocycles. The van der Waals surface area contributed by atoms with Crippen LogP contribution < -0.4 is 0 Å². The van der Waals surface area contributed by atoms with Crippen LogP contribution in [0.4, 0.5) is 0 Å². The lowest BCUT2D eigenvalue weighted by Crippen LogP contribution is -2.06. The molecule has 1 aliphatic heterocycles. The van der Waals surface area contributed by atoms with Crippen molar-refractivity contribution in [3.8, 4) is 5.75 Å². The highest BCUT2D eigenvalue weighted by Crippen LogP contribution is 2.22. The predicted molar refractivity (Wildman–Crippen MR) is 75.3 cm³/mol. The Hall–Kier alpha value is -1.70. The molecule has 0 aliphatic carbocycles.